The Morgan fingerprint density at radius 2 is 2.00 bits per heavy atom. The highest BCUT2D eigenvalue weighted by Crippen LogP contribution is 2.24. The molecule has 1 rings (SSSR count). The molecule has 96 valence electrons. The van der Waals surface area contributed by atoms with Gasteiger partial charge in [0.1, 0.15) is 0 Å². The first kappa shape index (κ1) is 14.5. The molecule has 17 heavy (non-hydrogen) atoms. The predicted octanol–water partition coefficient (Wildman–Crippen LogP) is 3.98. The second-order valence-corrected chi connectivity index (χ2v) is 5.46. The molecule has 0 heterocycles. The fourth-order valence-electron chi connectivity index (χ4n) is 1.90. The first-order chi connectivity index (χ1) is 8.04. The van der Waals surface area contributed by atoms with E-state index in [-0.39, 0.29) is 6.04 Å². The van der Waals surface area contributed by atoms with Crippen LogP contribution in [0.4, 0.5) is 0 Å². The summed E-state index contributed by atoms with van der Waals surface area (Å²) in [7, 11) is 0. The molecule has 3 heteroatoms. The molecule has 0 aliphatic heterocycles. The first-order valence-corrected chi connectivity index (χ1v) is 6.64. The lowest BCUT2D eigenvalue weighted by Gasteiger charge is -2.17. The summed E-state index contributed by atoms with van der Waals surface area (Å²) in [4.78, 5) is 0. The van der Waals surface area contributed by atoms with E-state index >= 15 is 0 Å². The number of benzene rings is 1. The molecule has 0 spiro atoms. The number of hydrogen-bond acceptors (Lipinski definition) is 2. The van der Waals surface area contributed by atoms with Crippen molar-refractivity contribution in [2.45, 2.75) is 46.1 Å². The van der Waals surface area contributed by atoms with Gasteiger partial charge < -0.3 is 0 Å². The second kappa shape index (κ2) is 7.00. The van der Waals surface area contributed by atoms with Crippen LogP contribution in [-0.4, -0.2) is 0 Å². The van der Waals surface area contributed by atoms with Crippen molar-refractivity contribution < 1.29 is 0 Å². The second-order valence-electron chi connectivity index (χ2n) is 5.05. The molecule has 1 aromatic rings. The Morgan fingerprint density at radius 1 is 1.29 bits per heavy atom. The summed E-state index contributed by atoms with van der Waals surface area (Å²) >= 11 is 6.13. The molecule has 1 atom stereocenters. The molecule has 2 nitrogen and oxygen atoms in total. The van der Waals surface area contributed by atoms with Crippen molar-refractivity contribution in [2.24, 2.45) is 11.8 Å². The van der Waals surface area contributed by atoms with Crippen molar-refractivity contribution >= 4 is 11.6 Å². The summed E-state index contributed by atoms with van der Waals surface area (Å²) in [5.74, 6) is 6.36. The van der Waals surface area contributed by atoms with Gasteiger partial charge in [-0.05, 0) is 36.5 Å². The van der Waals surface area contributed by atoms with Crippen LogP contribution in [0.25, 0.3) is 0 Å². The van der Waals surface area contributed by atoms with Crippen LogP contribution < -0.4 is 11.3 Å². The zero-order chi connectivity index (χ0) is 12.8. The minimum atomic E-state index is 0.201. The Morgan fingerprint density at radius 3 is 2.53 bits per heavy atom. The Labute approximate surface area is 110 Å². The van der Waals surface area contributed by atoms with Crippen molar-refractivity contribution in [3.63, 3.8) is 0 Å². The van der Waals surface area contributed by atoms with Crippen molar-refractivity contribution in [2.75, 3.05) is 0 Å². The van der Waals surface area contributed by atoms with Crippen LogP contribution in [0.5, 0.6) is 0 Å². The van der Waals surface area contributed by atoms with E-state index in [1.54, 1.807) is 0 Å². The number of rotatable bonds is 6. The average molecular weight is 255 g/mol. The van der Waals surface area contributed by atoms with Gasteiger partial charge >= 0.3 is 0 Å². The summed E-state index contributed by atoms with van der Waals surface area (Å²) in [6, 6.07) is 6.36. The van der Waals surface area contributed by atoms with Crippen LogP contribution in [0.15, 0.2) is 18.2 Å². The normalized spacial score (nSPS) is 13.1. The van der Waals surface area contributed by atoms with E-state index in [9.17, 15) is 0 Å². The Bertz CT molecular complexity index is 350. The van der Waals surface area contributed by atoms with Gasteiger partial charge in [-0.3, -0.25) is 11.3 Å². The standard InChI is InChI=1S/C14H23ClN2/c1-10(2)5-4-6-14(17-16)12-8-7-11(3)13(15)9-12/h7-10,14,17H,4-6,16H2,1-3H3. The van der Waals surface area contributed by atoms with Crippen LogP contribution in [-0.2, 0) is 0 Å². The Hall–Kier alpha value is -0.570. The molecule has 0 fully saturated rings. The van der Waals surface area contributed by atoms with Crippen LogP contribution in [0.3, 0.4) is 0 Å². The maximum absolute atomic E-state index is 6.13. The topological polar surface area (TPSA) is 38.0 Å². The predicted molar refractivity (Wildman–Crippen MR) is 74.9 cm³/mol. The minimum Gasteiger partial charge on any atom is -0.271 e. The van der Waals surface area contributed by atoms with Gasteiger partial charge in [0.15, 0.2) is 0 Å². The maximum Gasteiger partial charge on any atom is 0.0460 e. The van der Waals surface area contributed by atoms with Crippen LogP contribution in [0.2, 0.25) is 5.02 Å². The molecule has 3 N–H and O–H groups in total. The molecule has 1 aromatic carbocycles. The van der Waals surface area contributed by atoms with Gasteiger partial charge in [0.2, 0.25) is 0 Å². The summed E-state index contributed by atoms with van der Waals surface area (Å²) in [6.07, 6.45) is 3.46. The molecular formula is C14H23ClN2. The highest BCUT2D eigenvalue weighted by atomic mass is 35.5. The van der Waals surface area contributed by atoms with Gasteiger partial charge in [-0.1, -0.05) is 50.4 Å². The lowest BCUT2D eigenvalue weighted by atomic mass is 9.98. The molecule has 0 saturated carbocycles. The third kappa shape index (κ3) is 4.66. The fraction of sp³-hybridized carbons (Fsp3) is 0.571. The van der Waals surface area contributed by atoms with Crippen molar-refractivity contribution in [3.05, 3.63) is 34.3 Å². The molecule has 0 aromatic heterocycles. The highest BCUT2D eigenvalue weighted by Gasteiger charge is 2.10. The number of hydrogen-bond donors (Lipinski definition) is 2. The fourth-order valence-corrected chi connectivity index (χ4v) is 2.09. The minimum absolute atomic E-state index is 0.201. The lowest BCUT2D eigenvalue weighted by molar-refractivity contribution is 0.455. The van der Waals surface area contributed by atoms with Crippen LogP contribution >= 0.6 is 11.6 Å². The Balaban J connectivity index is 2.62. The third-order valence-corrected chi connectivity index (χ3v) is 3.48. The first-order valence-electron chi connectivity index (χ1n) is 6.26. The van der Waals surface area contributed by atoms with Gasteiger partial charge in [-0.15, -0.1) is 0 Å². The van der Waals surface area contributed by atoms with E-state index < -0.39 is 0 Å². The molecule has 1 unspecified atom stereocenters. The van der Waals surface area contributed by atoms with Crippen molar-refractivity contribution in [1.29, 1.82) is 0 Å². The molecule has 0 amide bonds. The zero-order valence-electron chi connectivity index (χ0n) is 11.0. The number of nitrogens with one attached hydrogen (secondary N) is 1. The SMILES string of the molecule is Cc1ccc(C(CCCC(C)C)NN)cc1Cl. The largest absolute Gasteiger partial charge is 0.271 e. The molecular weight excluding hydrogens is 232 g/mol. The van der Waals surface area contributed by atoms with E-state index in [1.165, 1.54) is 18.4 Å². The molecule has 0 radical (unpaired) electrons. The van der Waals surface area contributed by atoms with Gasteiger partial charge in [0, 0.05) is 11.1 Å². The molecule has 0 aliphatic carbocycles. The number of halogens is 1. The number of nitrogens with two attached hydrogens (primary N) is 1. The summed E-state index contributed by atoms with van der Waals surface area (Å²) in [6.45, 7) is 6.50. The highest BCUT2D eigenvalue weighted by molar-refractivity contribution is 6.31. The van der Waals surface area contributed by atoms with E-state index in [0.29, 0.717) is 0 Å². The van der Waals surface area contributed by atoms with Crippen molar-refractivity contribution in [3.8, 4) is 0 Å². The maximum atomic E-state index is 6.13. The summed E-state index contributed by atoms with van der Waals surface area (Å²) in [5.41, 5.74) is 5.16. The monoisotopic (exact) mass is 254 g/mol. The average Bonchev–Trinajstić information content (AvgIpc) is 2.28. The number of hydrazine groups is 1. The van der Waals surface area contributed by atoms with Gasteiger partial charge in [-0.2, -0.15) is 0 Å². The third-order valence-electron chi connectivity index (χ3n) is 3.07. The molecule has 0 aliphatic rings. The van der Waals surface area contributed by atoms with E-state index in [0.717, 1.165) is 22.9 Å². The van der Waals surface area contributed by atoms with Crippen LogP contribution in [0, 0.1) is 12.8 Å². The lowest BCUT2D eigenvalue weighted by Crippen LogP contribution is -2.28. The Kier molecular flexibility index (Phi) is 5.96. The van der Waals surface area contributed by atoms with Gasteiger partial charge in [0.25, 0.3) is 0 Å². The van der Waals surface area contributed by atoms with Crippen LogP contribution in [0.1, 0.15) is 50.3 Å². The van der Waals surface area contributed by atoms with Crippen molar-refractivity contribution in [1.82, 2.24) is 5.43 Å². The summed E-state index contributed by atoms with van der Waals surface area (Å²) in [5, 5.41) is 0.812. The molecule has 0 bridgehead atoms. The zero-order valence-corrected chi connectivity index (χ0v) is 11.7. The van der Waals surface area contributed by atoms with E-state index in [1.807, 2.05) is 19.1 Å². The van der Waals surface area contributed by atoms with E-state index in [4.69, 9.17) is 17.4 Å². The quantitative estimate of drug-likeness (QED) is 0.595. The van der Waals surface area contributed by atoms with Gasteiger partial charge in [-0.25, -0.2) is 0 Å². The van der Waals surface area contributed by atoms with Gasteiger partial charge in [0.05, 0.1) is 0 Å². The summed E-state index contributed by atoms with van der Waals surface area (Å²) < 4.78 is 0. The molecule has 0 saturated heterocycles. The van der Waals surface area contributed by atoms with E-state index in [2.05, 4.69) is 25.3 Å². The smallest absolute Gasteiger partial charge is 0.0460 e. The number of aryl methyl sites for hydroxylation is 1.